The van der Waals surface area contributed by atoms with Crippen molar-refractivity contribution in [1.82, 2.24) is 5.32 Å². The molecule has 1 nitrogen and oxygen atoms in total. The molecule has 13 heavy (non-hydrogen) atoms. The van der Waals surface area contributed by atoms with Gasteiger partial charge in [-0.3, -0.25) is 0 Å². The number of hydrogen-bond acceptors (Lipinski definition) is 1. The minimum absolute atomic E-state index is 0.847. The van der Waals surface area contributed by atoms with Gasteiger partial charge in [-0.1, -0.05) is 45.4 Å². The summed E-state index contributed by atoms with van der Waals surface area (Å²) >= 11 is 0. The van der Waals surface area contributed by atoms with Crippen LogP contribution < -0.4 is 5.32 Å². The topological polar surface area (TPSA) is 12.0 Å². The first-order chi connectivity index (χ1) is 6.43. The molecule has 0 aromatic rings. The zero-order valence-corrected chi connectivity index (χ0v) is 9.15. The molecule has 0 aromatic heterocycles. The highest BCUT2D eigenvalue weighted by Gasteiger charge is 2.09. The molecule has 0 aliphatic carbocycles. The fourth-order valence-electron chi connectivity index (χ4n) is 2.16. The third kappa shape index (κ3) is 5.30. The minimum Gasteiger partial charge on any atom is -0.314 e. The van der Waals surface area contributed by atoms with Gasteiger partial charge in [-0.15, -0.1) is 0 Å². The second-order valence-corrected chi connectivity index (χ2v) is 4.35. The van der Waals surface area contributed by atoms with Gasteiger partial charge in [-0.25, -0.2) is 0 Å². The van der Waals surface area contributed by atoms with Gasteiger partial charge in [0, 0.05) is 6.04 Å². The highest BCUT2D eigenvalue weighted by Crippen LogP contribution is 2.14. The van der Waals surface area contributed by atoms with Crippen LogP contribution in [-0.4, -0.2) is 12.6 Å². The van der Waals surface area contributed by atoms with Crippen molar-refractivity contribution in [2.75, 3.05) is 6.54 Å². The maximum Gasteiger partial charge on any atom is 0.00670 e. The van der Waals surface area contributed by atoms with Crippen molar-refractivity contribution in [1.29, 1.82) is 0 Å². The highest BCUT2D eigenvalue weighted by atomic mass is 14.9. The summed E-state index contributed by atoms with van der Waals surface area (Å²) in [4.78, 5) is 0. The summed E-state index contributed by atoms with van der Waals surface area (Å²) in [6.45, 7) is 3.54. The maximum absolute atomic E-state index is 3.66. The molecule has 1 aliphatic heterocycles. The predicted molar refractivity (Wildman–Crippen MR) is 59.0 cm³/mol. The largest absolute Gasteiger partial charge is 0.314 e. The van der Waals surface area contributed by atoms with Crippen molar-refractivity contribution < 1.29 is 0 Å². The normalized spacial score (nSPS) is 24.2. The van der Waals surface area contributed by atoms with E-state index in [2.05, 4.69) is 12.2 Å². The van der Waals surface area contributed by atoms with Gasteiger partial charge in [0.25, 0.3) is 0 Å². The summed E-state index contributed by atoms with van der Waals surface area (Å²) < 4.78 is 0. The Hall–Kier alpha value is -0.0400. The average molecular weight is 183 g/mol. The van der Waals surface area contributed by atoms with Crippen LogP contribution in [0.3, 0.4) is 0 Å². The molecule has 1 aliphatic rings. The van der Waals surface area contributed by atoms with Crippen LogP contribution in [0.5, 0.6) is 0 Å². The molecule has 0 aromatic carbocycles. The molecule has 1 N–H and O–H groups in total. The maximum atomic E-state index is 3.66. The number of hydrogen-bond donors (Lipinski definition) is 1. The zero-order chi connectivity index (χ0) is 9.36. The second-order valence-electron chi connectivity index (χ2n) is 4.35. The van der Waals surface area contributed by atoms with Crippen LogP contribution in [0.1, 0.15) is 64.7 Å². The molecule has 1 unspecified atom stereocenters. The quantitative estimate of drug-likeness (QED) is 0.643. The predicted octanol–water partition coefficient (Wildman–Crippen LogP) is 3.49. The molecule has 78 valence electrons. The summed E-state index contributed by atoms with van der Waals surface area (Å²) in [5.41, 5.74) is 0. The van der Waals surface area contributed by atoms with Crippen molar-refractivity contribution in [3.8, 4) is 0 Å². The molecular weight excluding hydrogens is 158 g/mol. The molecule has 0 radical (unpaired) electrons. The minimum atomic E-state index is 0.847. The van der Waals surface area contributed by atoms with E-state index in [0.717, 1.165) is 6.04 Å². The van der Waals surface area contributed by atoms with Crippen LogP contribution in [0.15, 0.2) is 0 Å². The molecule has 0 saturated carbocycles. The lowest BCUT2D eigenvalue weighted by Crippen LogP contribution is -2.27. The Labute approximate surface area is 83.3 Å². The lowest BCUT2D eigenvalue weighted by atomic mass is 10.0. The number of nitrogens with one attached hydrogen (secondary N) is 1. The van der Waals surface area contributed by atoms with Crippen LogP contribution in [-0.2, 0) is 0 Å². The fraction of sp³-hybridized carbons (Fsp3) is 1.00. The first-order valence-electron chi connectivity index (χ1n) is 6.17. The molecule has 0 amide bonds. The zero-order valence-electron chi connectivity index (χ0n) is 9.15. The SMILES string of the molecule is CCCCCCC1CCCCCN1. The molecule has 1 fully saturated rings. The van der Waals surface area contributed by atoms with Crippen molar-refractivity contribution in [3.63, 3.8) is 0 Å². The standard InChI is InChI=1S/C12H25N/c1-2-3-4-6-9-12-10-7-5-8-11-13-12/h12-13H,2-11H2,1H3. The fourth-order valence-corrected chi connectivity index (χ4v) is 2.16. The van der Waals surface area contributed by atoms with E-state index < -0.39 is 0 Å². The molecule has 1 saturated heterocycles. The van der Waals surface area contributed by atoms with E-state index in [1.807, 2.05) is 0 Å². The van der Waals surface area contributed by atoms with E-state index >= 15 is 0 Å². The lowest BCUT2D eigenvalue weighted by Gasteiger charge is -2.14. The van der Waals surface area contributed by atoms with E-state index in [-0.39, 0.29) is 0 Å². The Bertz CT molecular complexity index is 104. The Kier molecular flexibility index (Phi) is 6.26. The first kappa shape index (κ1) is 11.0. The third-order valence-corrected chi connectivity index (χ3v) is 3.07. The second kappa shape index (κ2) is 7.37. The summed E-state index contributed by atoms with van der Waals surface area (Å²) in [7, 11) is 0. The Morgan fingerprint density at radius 1 is 1.08 bits per heavy atom. The van der Waals surface area contributed by atoms with Crippen molar-refractivity contribution in [2.24, 2.45) is 0 Å². The lowest BCUT2D eigenvalue weighted by molar-refractivity contribution is 0.452. The van der Waals surface area contributed by atoms with Gasteiger partial charge >= 0.3 is 0 Å². The molecule has 0 spiro atoms. The summed E-state index contributed by atoms with van der Waals surface area (Å²) in [5, 5.41) is 3.66. The summed E-state index contributed by atoms with van der Waals surface area (Å²) in [6.07, 6.45) is 12.8. The van der Waals surface area contributed by atoms with Crippen LogP contribution >= 0.6 is 0 Å². The first-order valence-corrected chi connectivity index (χ1v) is 6.17. The molecule has 1 heterocycles. The van der Waals surface area contributed by atoms with E-state index in [1.54, 1.807) is 0 Å². The number of rotatable bonds is 5. The summed E-state index contributed by atoms with van der Waals surface area (Å²) in [5.74, 6) is 0. The van der Waals surface area contributed by atoms with Crippen LogP contribution in [0, 0.1) is 0 Å². The van der Waals surface area contributed by atoms with Crippen molar-refractivity contribution in [2.45, 2.75) is 70.8 Å². The van der Waals surface area contributed by atoms with E-state index in [0.29, 0.717) is 0 Å². The Morgan fingerprint density at radius 3 is 2.85 bits per heavy atom. The van der Waals surface area contributed by atoms with Gasteiger partial charge in [0.2, 0.25) is 0 Å². The molecule has 1 heteroatoms. The number of unbranched alkanes of at least 4 members (excludes halogenated alkanes) is 3. The van der Waals surface area contributed by atoms with Crippen molar-refractivity contribution >= 4 is 0 Å². The highest BCUT2D eigenvalue weighted by molar-refractivity contribution is 4.70. The van der Waals surface area contributed by atoms with E-state index in [4.69, 9.17) is 0 Å². The molecule has 1 rings (SSSR count). The Balaban J connectivity index is 1.98. The van der Waals surface area contributed by atoms with Gasteiger partial charge in [-0.2, -0.15) is 0 Å². The summed E-state index contributed by atoms with van der Waals surface area (Å²) in [6, 6.07) is 0.847. The monoisotopic (exact) mass is 183 g/mol. The third-order valence-electron chi connectivity index (χ3n) is 3.07. The average Bonchev–Trinajstić information content (AvgIpc) is 2.41. The van der Waals surface area contributed by atoms with Crippen LogP contribution in [0.2, 0.25) is 0 Å². The van der Waals surface area contributed by atoms with Gasteiger partial charge in [0.1, 0.15) is 0 Å². The van der Waals surface area contributed by atoms with Crippen LogP contribution in [0.4, 0.5) is 0 Å². The van der Waals surface area contributed by atoms with Crippen molar-refractivity contribution in [3.05, 3.63) is 0 Å². The molecular formula is C12H25N. The van der Waals surface area contributed by atoms with E-state index in [9.17, 15) is 0 Å². The molecule has 0 bridgehead atoms. The van der Waals surface area contributed by atoms with Gasteiger partial charge in [0.05, 0.1) is 0 Å². The van der Waals surface area contributed by atoms with Gasteiger partial charge in [0.15, 0.2) is 0 Å². The van der Waals surface area contributed by atoms with Crippen LogP contribution in [0.25, 0.3) is 0 Å². The van der Waals surface area contributed by atoms with Gasteiger partial charge in [-0.05, 0) is 25.8 Å². The molecule has 1 atom stereocenters. The van der Waals surface area contributed by atoms with Gasteiger partial charge < -0.3 is 5.32 Å². The smallest absolute Gasteiger partial charge is 0.00670 e. The van der Waals surface area contributed by atoms with E-state index in [1.165, 1.54) is 64.3 Å². The Morgan fingerprint density at radius 2 is 2.00 bits per heavy atom.